The zero-order valence-corrected chi connectivity index (χ0v) is 13.2. The lowest BCUT2D eigenvalue weighted by molar-refractivity contribution is 1.11. The van der Waals surface area contributed by atoms with Crippen LogP contribution in [0, 0.1) is 20.8 Å². The maximum Gasteiger partial charge on any atom is 0.0712 e. The van der Waals surface area contributed by atoms with Crippen LogP contribution >= 0.6 is 0 Å². The van der Waals surface area contributed by atoms with Crippen LogP contribution in [0.15, 0.2) is 42.5 Å². The number of benzene rings is 2. The third-order valence-electron chi connectivity index (χ3n) is 4.05. The zero-order valence-electron chi connectivity index (χ0n) is 13.2. The van der Waals surface area contributed by atoms with Gasteiger partial charge in [0.2, 0.25) is 0 Å². The molecule has 21 heavy (non-hydrogen) atoms. The molecule has 1 heterocycles. The van der Waals surface area contributed by atoms with E-state index in [1.54, 1.807) is 0 Å². The summed E-state index contributed by atoms with van der Waals surface area (Å²) in [5.41, 5.74) is 8.64. The molecule has 0 unspecified atom stereocenters. The lowest BCUT2D eigenvalue weighted by Gasteiger charge is -2.09. The summed E-state index contributed by atoms with van der Waals surface area (Å²) in [5.74, 6) is 0. The highest BCUT2D eigenvalue weighted by Gasteiger charge is 2.05. The van der Waals surface area contributed by atoms with Gasteiger partial charge in [0.15, 0.2) is 0 Å². The molecule has 0 radical (unpaired) electrons. The lowest BCUT2D eigenvalue weighted by atomic mass is 10.0. The highest BCUT2D eigenvalue weighted by Crippen LogP contribution is 2.25. The number of pyridine rings is 1. The summed E-state index contributed by atoms with van der Waals surface area (Å²) in [4.78, 5) is 4.86. The van der Waals surface area contributed by atoms with Crippen LogP contribution in [-0.4, -0.2) is 4.98 Å². The first kappa shape index (κ1) is 13.8. The maximum absolute atomic E-state index is 4.86. The average Bonchev–Trinajstić information content (AvgIpc) is 2.45. The fraction of sp³-hybridized carbons (Fsp3) is 0.250. The van der Waals surface area contributed by atoms with Gasteiger partial charge in [-0.05, 0) is 68.7 Å². The number of aryl methyl sites for hydroxylation is 4. The molecule has 0 fully saturated rings. The minimum atomic E-state index is 1.05. The topological polar surface area (TPSA) is 12.9 Å². The molecule has 0 N–H and O–H groups in total. The lowest BCUT2D eigenvalue weighted by Crippen LogP contribution is -1.91. The number of rotatable bonds is 2. The molecule has 2 aromatic carbocycles. The van der Waals surface area contributed by atoms with E-state index in [0.717, 1.165) is 17.6 Å². The van der Waals surface area contributed by atoms with Crippen molar-refractivity contribution in [3.05, 3.63) is 64.7 Å². The van der Waals surface area contributed by atoms with Crippen LogP contribution in [0.5, 0.6) is 0 Å². The SMILES string of the molecule is CCc1cc2ccc(-c3cc(C)cc(C)c3)nc2cc1C. The Hall–Kier alpha value is -2.15. The maximum atomic E-state index is 4.86. The summed E-state index contributed by atoms with van der Waals surface area (Å²) in [5, 5.41) is 1.23. The first-order valence-corrected chi connectivity index (χ1v) is 7.56. The van der Waals surface area contributed by atoms with E-state index in [0.29, 0.717) is 0 Å². The quantitative estimate of drug-likeness (QED) is 0.611. The van der Waals surface area contributed by atoms with Gasteiger partial charge in [0.25, 0.3) is 0 Å². The Labute approximate surface area is 126 Å². The molecular formula is C20H21N. The van der Waals surface area contributed by atoms with Crippen molar-refractivity contribution in [2.24, 2.45) is 0 Å². The number of fused-ring (bicyclic) bond motifs is 1. The van der Waals surface area contributed by atoms with E-state index in [-0.39, 0.29) is 0 Å². The molecular weight excluding hydrogens is 254 g/mol. The highest BCUT2D eigenvalue weighted by molar-refractivity contribution is 5.83. The second-order valence-electron chi connectivity index (χ2n) is 5.90. The molecule has 3 rings (SSSR count). The van der Waals surface area contributed by atoms with Crippen LogP contribution in [-0.2, 0) is 6.42 Å². The van der Waals surface area contributed by atoms with Crippen LogP contribution in [0.2, 0.25) is 0 Å². The van der Waals surface area contributed by atoms with Crippen molar-refractivity contribution in [1.82, 2.24) is 4.98 Å². The van der Waals surface area contributed by atoms with E-state index in [9.17, 15) is 0 Å². The van der Waals surface area contributed by atoms with Crippen LogP contribution < -0.4 is 0 Å². The largest absolute Gasteiger partial charge is 0.248 e. The first-order valence-electron chi connectivity index (χ1n) is 7.56. The third kappa shape index (κ3) is 2.69. The Kier molecular flexibility index (Phi) is 3.50. The number of nitrogens with zero attached hydrogens (tertiary/aromatic N) is 1. The van der Waals surface area contributed by atoms with Crippen molar-refractivity contribution in [3.63, 3.8) is 0 Å². The normalized spacial score (nSPS) is 11.0. The fourth-order valence-electron chi connectivity index (χ4n) is 2.99. The Morgan fingerprint density at radius 3 is 2.24 bits per heavy atom. The van der Waals surface area contributed by atoms with Gasteiger partial charge in [-0.2, -0.15) is 0 Å². The van der Waals surface area contributed by atoms with Gasteiger partial charge in [-0.15, -0.1) is 0 Å². The van der Waals surface area contributed by atoms with E-state index >= 15 is 0 Å². The molecule has 1 aromatic heterocycles. The molecule has 0 saturated heterocycles. The molecule has 0 aliphatic carbocycles. The van der Waals surface area contributed by atoms with Crippen molar-refractivity contribution < 1.29 is 0 Å². The predicted molar refractivity (Wildman–Crippen MR) is 90.8 cm³/mol. The standard InChI is InChI=1S/C20H21N/c1-5-16-12-17-6-7-19(21-20(17)11-15(16)4)18-9-13(2)8-14(3)10-18/h6-12H,5H2,1-4H3. The van der Waals surface area contributed by atoms with E-state index in [2.05, 4.69) is 70.2 Å². The van der Waals surface area contributed by atoms with E-state index in [1.165, 1.54) is 33.2 Å². The molecule has 0 spiro atoms. The molecule has 0 bridgehead atoms. The van der Waals surface area contributed by atoms with Crippen LogP contribution in [0.1, 0.15) is 29.2 Å². The van der Waals surface area contributed by atoms with E-state index in [4.69, 9.17) is 4.98 Å². The van der Waals surface area contributed by atoms with Crippen LogP contribution in [0.4, 0.5) is 0 Å². The summed E-state index contributed by atoms with van der Waals surface area (Å²) in [6, 6.07) is 15.4. The molecule has 106 valence electrons. The van der Waals surface area contributed by atoms with Gasteiger partial charge in [-0.1, -0.05) is 30.2 Å². The molecule has 0 aliphatic rings. The Bertz CT molecular complexity index is 795. The summed E-state index contributed by atoms with van der Waals surface area (Å²) < 4.78 is 0. The van der Waals surface area contributed by atoms with Gasteiger partial charge in [0.1, 0.15) is 0 Å². The second-order valence-corrected chi connectivity index (χ2v) is 5.90. The molecule has 3 aromatic rings. The highest BCUT2D eigenvalue weighted by atomic mass is 14.7. The monoisotopic (exact) mass is 275 g/mol. The zero-order chi connectivity index (χ0) is 15.0. The minimum absolute atomic E-state index is 1.05. The third-order valence-corrected chi connectivity index (χ3v) is 4.05. The van der Waals surface area contributed by atoms with Crippen molar-refractivity contribution in [1.29, 1.82) is 0 Å². The Balaban J connectivity index is 2.16. The van der Waals surface area contributed by atoms with Gasteiger partial charge >= 0.3 is 0 Å². The van der Waals surface area contributed by atoms with Gasteiger partial charge < -0.3 is 0 Å². The smallest absolute Gasteiger partial charge is 0.0712 e. The number of hydrogen-bond acceptors (Lipinski definition) is 1. The number of aromatic nitrogens is 1. The molecule has 0 amide bonds. The van der Waals surface area contributed by atoms with Gasteiger partial charge in [-0.3, -0.25) is 0 Å². The van der Waals surface area contributed by atoms with Crippen LogP contribution in [0.25, 0.3) is 22.2 Å². The van der Waals surface area contributed by atoms with Crippen molar-refractivity contribution in [3.8, 4) is 11.3 Å². The minimum Gasteiger partial charge on any atom is -0.248 e. The molecule has 1 heteroatoms. The van der Waals surface area contributed by atoms with E-state index in [1.807, 2.05) is 0 Å². The molecule has 0 aliphatic heterocycles. The van der Waals surface area contributed by atoms with Crippen molar-refractivity contribution in [2.45, 2.75) is 34.1 Å². The summed E-state index contributed by atoms with van der Waals surface area (Å²) in [6.07, 6.45) is 1.07. The molecule has 1 nitrogen and oxygen atoms in total. The molecule has 0 saturated carbocycles. The van der Waals surface area contributed by atoms with Gasteiger partial charge in [0, 0.05) is 10.9 Å². The molecule has 0 atom stereocenters. The summed E-state index contributed by atoms with van der Waals surface area (Å²) in [6.45, 7) is 8.64. The van der Waals surface area contributed by atoms with Gasteiger partial charge in [-0.25, -0.2) is 4.98 Å². The summed E-state index contributed by atoms with van der Waals surface area (Å²) in [7, 11) is 0. The Morgan fingerprint density at radius 1 is 0.857 bits per heavy atom. The van der Waals surface area contributed by atoms with Crippen molar-refractivity contribution in [2.75, 3.05) is 0 Å². The number of hydrogen-bond donors (Lipinski definition) is 0. The van der Waals surface area contributed by atoms with Gasteiger partial charge in [0.05, 0.1) is 11.2 Å². The fourth-order valence-corrected chi connectivity index (χ4v) is 2.99. The van der Waals surface area contributed by atoms with Crippen LogP contribution in [0.3, 0.4) is 0 Å². The predicted octanol–water partition coefficient (Wildman–Crippen LogP) is 5.39. The van der Waals surface area contributed by atoms with E-state index < -0.39 is 0 Å². The van der Waals surface area contributed by atoms with Crippen molar-refractivity contribution >= 4 is 10.9 Å². The average molecular weight is 275 g/mol. The Morgan fingerprint density at radius 2 is 1.57 bits per heavy atom. The first-order chi connectivity index (χ1) is 10.1. The summed E-state index contributed by atoms with van der Waals surface area (Å²) >= 11 is 0. The second kappa shape index (κ2) is 5.33.